The molecule has 0 radical (unpaired) electrons. The van der Waals surface area contributed by atoms with Crippen molar-refractivity contribution >= 4 is 15.7 Å². The van der Waals surface area contributed by atoms with Crippen molar-refractivity contribution in [1.82, 2.24) is 28.6 Å². The van der Waals surface area contributed by atoms with Crippen LogP contribution in [0.25, 0.3) is 5.65 Å². The molecule has 0 spiro atoms. The van der Waals surface area contributed by atoms with Crippen molar-refractivity contribution in [3.8, 4) is 0 Å². The predicted octanol–water partition coefficient (Wildman–Crippen LogP) is 0.919. The van der Waals surface area contributed by atoms with E-state index in [4.69, 9.17) is 0 Å². The molecule has 27 heavy (non-hydrogen) atoms. The summed E-state index contributed by atoms with van der Waals surface area (Å²) in [5.74, 6) is 0.150. The van der Waals surface area contributed by atoms with Gasteiger partial charge >= 0.3 is 0 Å². The number of pyridine rings is 1. The Morgan fingerprint density at radius 2 is 2.04 bits per heavy atom. The Morgan fingerprint density at radius 1 is 1.15 bits per heavy atom. The first-order chi connectivity index (χ1) is 13.0. The van der Waals surface area contributed by atoms with Crippen LogP contribution in [0.1, 0.15) is 5.69 Å². The molecule has 3 aromatic heterocycles. The number of likely N-dealkylation sites (N-methyl/N-ethyl adjacent to an activating group) is 1. The van der Waals surface area contributed by atoms with E-state index in [-0.39, 0.29) is 10.8 Å². The monoisotopic (exact) mass is 386 g/mol. The van der Waals surface area contributed by atoms with E-state index in [0.29, 0.717) is 26.1 Å². The summed E-state index contributed by atoms with van der Waals surface area (Å²) in [6, 6.07) is 3.25. The van der Waals surface area contributed by atoms with Crippen molar-refractivity contribution in [2.75, 3.05) is 33.2 Å². The maximum absolute atomic E-state index is 13.0. The summed E-state index contributed by atoms with van der Waals surface area (Å²) in [5.41, 5.74) is 1.73. The maximum Gasteiger partial charge on any atom is 0.244 e. The fourth-order valence-electron chi connectivity index (χ4n) is 3.52. The molecule has 0 bridgehead atoms. The standard InChI is InChI=1S/C18H22N6O2S/c1-22-7-8-24(27(25,26)17-3-2-4-19-10-17)13-15(12-22)9-16-14-23-6-5-20-18(23)11-21-16/h2-6,10-11,14-15H,7-9,12-13H2,1H3. The number of hydrogen-bond donors (Lipinski definition) is 0. The first kappa shape index (κ1) is 18.0. The van der Waals surface area contributed by atoms with Crippen LogP contribution in [0.5, 0.6) is 0 Å². The molecule has 1 fully saturated rings. The Hall–Kier alpha value is -2.36. The second-order valence-electron chi connectivity index (χ2n) is 6.96. The minimum atomic E-state index is -3.55. The molecule has 0 aliphatic carbocycles. The van der Waals surface area contributed by atoms with E-state index in [9.17, 15) is 8.42 Å². The van der Waals surface area contributed by atoms with E-state index in [0.717, 1.165) is 17.9 Å². The van der Waals surface area contributed by atoms with Crippen LogP contribution in [0, 0.1) is 5.92 Å². The van der Waals surface area contributed by atoms with Gasteiger partial charge < -0.3 is 9.30 Å². The van der Waals surface area contributed by atoms with E-state index in [2.05, 4.69) is 19.9 Å². The Labute approximate surface area is 158 Å². The van der Waals surface area contributed by atoms with Gasteiger partial charge in [-0.1, -0.05) is 0 Å². The highest BCUT2D eigenvalue weighted by Gasteiger charge is 2.30. The Kier molecular flexibility index (Phi) is 4.90. The fraction of sp³-hybridized carbons (Fsp3) is 0.389. The molecule has 9 heteroatoms. The number of sulfonamides is 1. The van der Waals surface area contributed by atoms with Gasteiger partial charge in [0.05, 0.1) is 11.9 Å². The molecule has 1 saturated heterocycles. The minimum absolute atomic E-state index is 0.150. The smallest absolute Gasteiger partial charge is 0.244 e. The average Bonchev–Trinajstić information content (AvgIpc) is 3.04. The van der Waals surface area contributed by atoms with Crippen LogP contribution in [0.4, 0.5) is 0 Å². The van der Waals surface area contributed by atoms with Crippen LogP contribution < -0.4 is 0 Å². The van der Waals surface area contributed by atoms with Crippen molar-refractivity contribution in [2.45, 2.75) is 11.3 Å². The van der Waals surface area contributed by atoms with Gasteiger partial charge in [-0.15, -0.1) is 0 Å². The van der Waals surface area contributed by atoms with E-state index >= 15 is 0 Å². The first-order valence-corrected chi connectivity index (χ1v) is 10.3. The fourth-order valence-corrected chi connectivity index (χ4v) is 4.99. The second kappa shape index (κ2) is 7.34. The van der Waals surface area contributed by atoms with Crippen molar-refractivity contribution in [1.29, 1.82) is 0 Å². The minimum Gasteiger partial charge on any atom is -0.305 e. The van der Waals surface area contributed by atoms with Crippen molar-refractivity contribution in [3.05, 3.63) is 55.0 Å². The molecule has 0 amide bonds. The summed E-state index contributed by atoms with van der Waals surface area (Å²) < 4.78 is 29.6. The topological polar surface area (TPSA) is 83.7 Å². The number of aromatic nitrogens is 4. The van der Waals surface area contributed by atoms with Gasteiger partial charge in [-0.05, 0) is 31.5 Å². The zero-order valence-electron chi connectivity index (χ0n) is 15.1. The molecule has 0 N–H and O–H groups in total. The summed E-state index contributed by atoms with van der Waals surface area (Å²) >= 11 is 0. The van der Waals surface area contributed by atoms with E-state index in [1.807, 2.05) is 23.8 Å². The van der Waals surface area contributed by atoms with Gasteiger partial charge in [0.15, 0.2) is 5.65 Å². The van der Waals surface area contributed by atoms with Crippen LogP contribution >= 0.6 is 0 Å². The van der Waals surface area contributed by atoms with Gasteiger partial charge in [0.25, 0.3) is 0 Å². The highest BCUT2D eigenvalue weighted by molar-refractivity contribution is 7.89. The summed E-state index contributed by atoms with van der Waals surface area (Å²) in [4.78, 5) is 15.1. The van der Waals surface area contributed by atoms with Gasteiger partial charge in [0.1, 0.15) is 4.90 Å². The molecule has 1 aliphatic rings. The quantitative estimate of drug-likeness (QED) is 0.663. The molecule has 0 saturated carbocycles. The van der Waals surface area contributed by atoms with Gasteiger partial charge in [-0.3, -0.25) is 9.97 Å². The van der Waals surface area contributed by atoms with Gasteiger partial charge in [-0.2, -0.15) is 4.31 Å². The maximum atomic E-state index is 13.0. The van der Waals surface area contributed by atoms with Crippen molar-refractivity contribution < 1.29 is 8.42 Å². The lowest BCUT2D eigenvalue weighted by Gasteiger charge is -2.23. The second-order valence-corrected chi connectivity index (χ2v) is 8.89. The van der Waals surface area contributed by atoms with Crippen LogP contribution in [-0.2, 0) is 16.4 Å². The molecule has 4 rings (SSSR count). The number of rotatable bonds is 4. The summed E-state index contributed by atoms with van der Waals surface area (Å²) in [7, 11) is -1.52. The third-order valence-electron chi connectivity index (χ3n) is 4.87. The molecule has 8 nitrogen and oxygen atoms in total. The van der Waals surface area contributed by atoms with Crippen LogP contribution in [-0.4, -0.2) is 70.2 Å². The third kappa shape index (κ3) is 3.85. The molecule has 1 unspecified atom stereocenters. The first-order valence-electron chi connectivity index (χ1n) is 8.89. The molecule has 0 aromatic carbocycles. The SMILES string of the molecule is CN1CCN(S(=O)(=O)c2cccnc2)CC(Cc2cn3ccnc3cn2)C1. The zero-order valence-corrected chi connectivity index (χ0v) is 16.0. The van der Waals surface area contributed by atoms with Crippen LogP contribution in [0.15, 0.2) is 54.2 Å². The van der Waals surface area contributed by atoms with E-state index in [1.165, 1.54) is 6.20 Å². The molecule has 3 aromatic rings. The van der Waals surface area contributed by atoms with Gasteiger partial charge in [-0.25, -0.2) is 13.4 Å². The number of fused-ring (bicyclic) bond motifs is 1. The molecule has 142 valence electrons. The lowest BCUT2D eigenvalue weighted by atomic mass is 10.0. The molecule has 4 heterocycles. The number of hydrogen-bond acceptors (Lipinski definition) is 6. The van der Waals surface area contributed by atoms with E-state index in [1.54, 1.807) is 35.0 Å². The highest BCUT2D eigenvalue weighted by Crippen LogP contribution is 2.20. The Balaban J connectivity index is 1.57. The Morgan fingerprint density at radius 3 is 2.85 bits per heavy atom. The zero-order chi connectivity index (χ0) is 18.9. The van der Waals surface area contributed by atoms with E-state index < -0.39 is 10.0 Å². The summed E-state index contributed by atoms with van der Waals surface area (Å²) in [6.07, 6.45) is 11.0. The normalized spacial score (nSPS) is 20.0. The summed E-state index contributed by atoms with van der Waals surface area (Å²) in [5, 5.41) is 0. The Bertz CT molecular complexity index is 1020. The molecule has 1 aliphatic heterocycles. The number of imidazole rings is 1. The lowest BCUT2D eigenvalue weighted by molar-refractivity contribution is 0.307. The summed E-state index contributed by atoms with van der Waals surface area (Å²) in [6.45, 7) is 2.45. The number of nitrogens with zero attached hydrogens (tertiary/aromatic N) is 6. The lowest BCUT2D eigenvalue weighted by Crippen LogP contribution is -2.36. The van der Waals surface area contributed by atoms with Gasteiger partial charge in [0.2, 0.25) is 10.0 Å². The predicted molar refractivity (Wildman–Crippen MR) is 101 cm³/mol. The van der Waals surface area contributed by atoms with Gasteiger partial charge in [0, 0.05) is 57.2 Å². The third-order valence-corrected chi connectivity index (χ3v) is 6.71. The average molecular weight is 386 g/mol. The molecular formula is C18H22N6O2S. The van der Waals surface area contributed by atoms with Crippen LogP contribution in [0.3, 0.4) is 0 Å². The van der Waals surface area contributed by atoms with Crippen molar-refractivity contribution in [2.24, 2.45) is 5.92 Å². The van der Waals surface area contributed by atoms with Crippen molar-refractivity contribution in [3.63, 3.8) is 0 Å². The highest BCUT2D eigenvalue weighted by atomic mass is 32.2. The molecule has 1 atom stereocenters. The largest absolute Gasteiger partial charge is 0.305 e. The van der Waals surface area contributed by atoms with Crippen LogP contribution in [0.2, 0.25) is 0 Å². The molecular weight excluding hydrogens is 364 g/mol.